The van der Waals surface area contributed by atoms with Crippen molar-refractivity contribution in [2.24, 2.45) is 0 Å². The number of nitrogens with zero attached hydrogens (tertiary/aromatic N) is 1. The Morgan fingerprint density at radius 2 is 2.11 bits per heavy atom. The van der Waals surface area contributed by atoms with E-state index < -0.39 is 0 Å². The number of hydrogen-bond acceptors (Lipinski definition) is 2. The number of aromatic nitrogens is 2. The van der Waals surface area contributed by atoms with Gasteiger partial charge in [-0.2, -0.15) is 0 Å². The van der Waals surface area contributed by atoms with Crippen molar-refractivity contribution in [3.63, 3.8) is 0 Å². The van der Waals surface area contributed by atoms with Crippen molar-refractivity contribution in [3.8, 4) is 11.3 Å². The molecule has 0 saturated heterocycles. The normalized spacial score (nSPS) is 12.2. The first kappa shape index (κ1) is 13.8. The first-order chi connectivity index (χ1) is 9.10. The third kappa shape index (κ3) is 3.44. The van der Waals surface area contributed by atoms with Crippen LogP contribution in [0.25, 0.3) is 11.3 Å². The highest BCUT2D eigenvalue weighted by molar-refractivity contribution is 9.10. The van der Waals surface area contributed by atoms with Gasteiger partial charge in [0.15, 0.2) is 0 Å². The van der Waals surface area contributed by atoms with Crippen LogP contribution in [0, 0.1) is 0 Å². The maximum atomic E-state index is 11.4. The van der Waals surface area contributed by atoms with Gasteiger partial charge in [-0.1, -0.05) is 35.0 Å². The topological polar surface area (TPSA) is 57.8 Å². The van der Waals surface area contributed by atoms with E-state index in [1.54, 1.807) is 6.20 Å². The van der Waals surface area contributed by atoms with Crippen LogP contribution in [-0.2, 0) is 4.79 Å². The van der Waals surface area contributed by atoms with E-state index in [1.165, 1.54) is 0 Å². The van der Waals surface area contributed by atoms with E-state index in [-0.39, 0.29) is 11.9 Å². The summed E-state index contributed by atoms with van der Waals surface area (Å²) < 4.78 is 1.04. The summed E-state index contributed by atoms with van der Waals surface area (Å²) in [5.41, 5.74) is 2.01. The molecule has 5 heteroatoms. The van der Waals surface area contributed by atoms with Gasteiger partial charge in [0.25, 0.3) is 0 Å². The lowest BCUT2D eigenvalue weighted by Gasteiger charge is -2.10. The number of aromatic amines is 1. The number of carbonyl (C=O) groups is 1. The van der Waals surface area contributed by atoms with Gasteiger partial charge in [0.1, 0.15) is 5.82 Å². The molecule has 2 N–H and O–H groups in total. The zero-order valence-electron chi connectivity index (χ0n) is 10.9. The van der Waals surface area contributed by atoms with Gasteiger partial charge in [-0.15, -0.1) is 0 Å². The second-order valence-electron chi connectivity index (χ2n) is 4.33. The maximum absolute atomic E-state index is 11.4. The third-order valence-electron chi connectivity index (χ3n) is 2.86. The number of hydrogen-bond donors (Lipinski definition) is 2. The van der Waals surface area contributed by atoms with E-state index in [4.69, 9.17) is 0 Å². The Bertz CT molecular complexity index is 562. The van der Waals surface area contributed by atoms with Gasteiger partial charge in [0.2, 0.25) is 5.91 Å². The average molecular weight is 322 g/mol. The van der Waals surface area contributed by atoms with Crippen molar-refractivity contribution in [2.45, 2.75) is 26.3 Å². The highest BCUT2D eigenvalue weighted by Crippen LogP contribution is 2.21. The Hall–Kier alpha value is -1.62. The van der Waals surface area contributed by atoms with Crippen LogP contribution < -0.4 is 5.32 Å². The van der Waals surface area contributed by atoms with Gasteiger partial charge >= 0.3 is 0 Å². The van der Waals surface area contributed by atoms with Crippen LogP contribution in [0.2, 0.25) is 0 Å². The van der Waals surface area contributed by atoms with Crippen LogP contribution in [-0.4, -0.2) is 15.9 Å². The summed E-state index contributed by atoms with van der Waals surface area (Å²) in [6, 6.07) is 7.88. The molecule has 0 aliphatic rings. The summed E-state index contributed by atoms with van der Waals surface area (Å²) in [7, 11) is 0. The summed E-state index contributed by atoms with van der Waals surface area (Å²) in [6.07, 6.45) is 2.26. The van der Waals surface area contributed by atoms with Gasteiger partial charge < -0.3 is 10.3 Å². The molecule has 1 amide bonds. The minimum Gasteiger partial charge on any atom is -0.346 e. The van der Waals surface area contributed by atoms with Crippen LogP contribution in [0.5, 0.6) is 0 Å². The first-order valence-corrected chi connectivity index (χ1v) is 6.99. The summed E-state index contributed by atoms with van der Waals surface area (Å²) in [5.74, 6) is 0.786. The number of imidazole rings is 1. The quantitative estimate of drug-likeness (QED) is 0.906. The highest BCUT2D eigenvalue weighted by Gasteiger charge is 2.12. The van der Waals surface area contributed by atoms with Gasteiger partial charge in [-0.05, 0) is 24.6 Å². The molecule has 1 aromatic heterocycles. The van der Waals surface area contributed by atoms with Gasteiger partial charge in [0, 0.05) is 10.9 Å². The molecule has 0 aliphatic carbocycles. The minimum absolute atomic E-state index is 0.0223. The molecule has 0 unspecified atom stereocenters. The van der Waals surface area contributed by atoms with Crippen molar-refractivity contribution in [1.29, 1.82) is 0 Å². The van der Waals surface area contributed by atoms with Crippen LogP contribution in [0.3, 0.4) is 0 Å². The van der Waals surface area contributed by atoms with Crippen LogP contribution in [0.4, 0.5) is 0 Å². The molecule has 0 radical (unpaired) electrons. The lowest BCUT2D eigenvalue weighted by atomic mass is 10.2. The highest BCUT2D eigenvalue weighted by atomic mass is 79.9. The van der Waals surface area contributed by atoms with E-state index in [0.717, 1.165) is 21.6 Å². The fourth-order valence-corrected chi connectivity index (χ4v) is 2.01. The molecule has 1 atom stereocenters. The molecule has 1 heterocycles. The third-order valence-corrected chi connectivity index (χ3v) is 3.39. The lowest BCUT2D eigenvalue weighted by Crippen LogP contribution is -2.26. The second kappa shape index (κ2) is 6.02. The van der Waals surface area contributed by atoms with Crippen molar-refractivity contribution in [1.82, 2.24) is 15.3 Å². The molecule has 0 bridgehead atoms. The molecule has 4 nitrogen and oxygen atoms in total. The fraction of sp³-hybridized carbons (Fsp3) is 0.286. The van der Waals surface area contributed by atoms with Crippen molar-refractivity contribution in [2.75, 3.05) is 0 Å². The number of carbonyl (C=O) groups excluding carboxylic acids is 1. The van der Waals surface area contributed by atoms with Crippen molar-refractivity contribution in [3.05, 3.63) is 40.8 Å². The number of H-pyrrole nitrogens is 1. The SMILES string of the molecule is CCC(=O)N[C@H](C)c1ncc(-c2ccc(Br)cc2)[nH]1. The maximum Gasteiger partial charge on any atom is 0.220 e. The second-order valence-corrected chi connectivity index (χ2v) is 5.25. The molecule has 1 aromatic carbocycles. The Morgan fingerprint density at radius 3 is 2.74 bits per heavy atom. The molecular weight excluding hydrogens is 306 g/mol. The molecule has 0 aliphatic heterocycles. The van der Waals surface area contributed by atoms with E-state index in [2.05, 4.69) is 31.2 Å². The summed E-state index contributed by atoms with van der Waals surface area (Å²) >= 11 is 3.41. The number of rotatable bonds is 4. The van der Waals surface area contributed by atoms with Crippen molar-refractivity contribution < 1.29 is 4.79 Å². The molecule has 0 fully saturated rings. The number of amides is 1. The zero-order chi connectivity index (χ0) is 13.8. The van der Waals surface area contributed by atoms with Crippen LogP contribution >= 0.6 is 15.9 Å². The Morgan fingerprint density at radius 1 is 1.42 bits per heavy atom. The Balaban J connectivity index is 2.14. The minimum atomic E-state index is -0.114. The Labute approximate surface area is 120 Å². The fourth-order valence-electron chi connectivity index (χ4n) is 1.74. The number of benzene rings is 1. The predicted octanol–water partition coefficient (Wildman–Crippen LogP) is 3.43. The monoisotopic (exact) mass is 321 g/mol. The first-order valence-electron chi connectivity index (χ1n) is 6.20. The van der Waals surface area contributed by atoms with E-state index >= 15 is 0 Å². The van der Waals surface area contributed by atoms with E-state index in [9.17, 15) is 4.79 Å². The number of halogens is 1. The zero-order valence-corrected chi connectivity index (χ0v) is 12.5. The van der Waals surface area contributed by atoms with Crippen LogP contribution in [0.15, 0.2) is 34.9 Å². The molecule has 2 rings (SSSR count). The van der Waals surface area contributed by atoms with Gasteiger partial charge in [-0.3, -0.25) is 4.79 Å². The largest absolute Gasteiger partial charge is 0.346 e. The number of nitrogens with one attached hydrogen (secondary N) is 2. The average Bonchev–Trinajstić information content (AvgIpc) is 2.89. The lowest BCUT2D eigenvalue weighted by molar-refractivity contribution is -0.121. The van der Waals surface area contributed by atoms with Gasteiger partial charge in [-0.25, -0.2) is 4.98 Å². The van der Waals surface area contributed by atoms with Gasteiger partial charge in [0.05, 0.1) is 17.9 Å². The van der Waals surface area contributed by atoms with E-state index in [1.807, 2.05) is 38.1 Å². The molecule has 0 spiro atoms. The molecule has 0 saturated carbocycles. The van der Waals surface area contributed by atoms with Crippen molar-refractivity contribution >= 4 is 21.8 Å². The summed E-state index contributed by atoms with van der Waals surface area (Å²) in [6.45, 7) is 3.75. The van der Waals surface area contributed by atoms with E-state index in [0.29, 0.717) is 6.42 Å². The summed E-state index contributed by atoms with van der Waals surface area (Å²) in [4.78, 5) is 18.9. The predicted molar refractivity (Wildman–Crippen MR) is 78.6 cm³/mol. The molecular formula is C14H16BrN3O. The molecule has 2 aromatic rings. The molecule has 100 valence electrons. The smallest absolute Gasteiger partial charge is 0.220 e. The van der Waals surface area contributed by atoms with Crippen LogP contribution in [0.1, 0.15) is 32.1 Å². The molecule has 19 heavy (non-hydrogen) atoms. The Kier molecular flexibility index (Phi) is 4.37. The standard InChI is InChI=1S/C14H16BrN3O/c1-3-13(19)17-9(2)14-16-8-12(18-14)10-4-6-11(15)7-5-10/h4-9H,3H2,1-2H3,(H,16,18)(H,17,19)/t9-/m1/s1. The summed E-state index contributed by atoms with van der Waals surface area (Å²) in [5, 5.41) is 2.88.